The predicted octanol–water partition coefficient (Wildman–Crippen LogP) is 3.88. The summed E-state index contributed by atoms with van der Waals surface area (Å²) >= 11 is 3.22. The van der Waals surface area contributed by atoms with Gasteiger partial charge in [0.2, 0.25) is 0 Å². The van der Waals surface area contributed by atoms with Gasteiger partial charge in [-0.2, -0.15) is 13.2 Å². The van der Waals surface area contributed by atoms with E-state index in [0.717, 1.165) is 13.1 Å². The van der Waals surface area contributed by atoms with Gasteiger partial charge in [-0.3, -0.25) is 4.90 Å². The van der Waals surface area contributed by atoms with Gasteiger partial charge in [0, 0.05) is 43.2 Å². The number of benzene rings is 1. The minimum atomic E-state index is -4.30. The van der Waals surface area contributed by atoms with Crippen molar-refractivity contribution in [1.29, 1.82) is 0 Å². The average Bonchev–Trinajstić information content (AvgIpc) is 3.30. The van der Waals surface area contributed by atoms with Gasteiger partial charge < -0.3 is 4.90 Å². The van der Waals surface area contributed by atoms with Gasteiger partial charge in [0.1, 0.15) is 0 Å². The van der Waals surface area contributed by atoms with E-state index in [2.05, 4.69) is 20.8 Å². The highest BCUT2D eigenvalue weighted by atomic mass is 79.9. The summed E-state index contributed by atoms with van der Waals surface area (Å²) in [5.41, 5.74) is 0.463. The molecule has 1 aliphatic carbocycles. The molecular formula is C15H18BrF3N2. The first kappa shape index (κ1) is 15.2. The van der Waals surface area contributed by atoms with Gasteiger partial charge in [-0.1, -0.05) is 22.0 Å². The second-order valence-electron chi connectivity index (χ2n) is 5.74. The van der Waals surface area contributed by atoms with Crippen LogP contribution in [0.15, 0.2) is 18.2 Å². The Hall–Kier alpha value is -0.750. The van der Waals surface area contributed by atoms with Crippen LogP contribution in [-0.2, 0) is 11.5 Å². The third-order valence-electron chi connectivity index (χ3n) is 4.24. The summed E-state index contributed by atoms with van der Waals surface area (Å²) in [5, 5.41) is 0.436. The van der Waals surface area contributed by atoms with E-state index in [1.165, 1.54) is 18.9 Å². The van der Waals surface area contributed by atoms with Gasteiger partial charge in [0.05, 0.1) is 5.56 Å². The molecule has 0 N–H and O–H groups in total. The molecule has 0 radical (unpaired) electrons. The molecule has 2 fully saturated rings. The van der Waals surface area contributed by atoms with Crippen LogP contribution in [0.3, 0.4) is 0 Å². The quantitative estimate of drug-likeness (QED) is 0.752. The Morgan fingerprint density at radius 2 is 1.76 bits per heavy atom. The Balaban J connectivity index is 1.81. The van der Waals surface area contributed by atoms with E-state index in [4.69, 9.17) is 0 Å². The van der Waals surface area contributed by atoms with Gasteiger partial charge in [0.25, 0.3) is 0 Å². The van der Waals surface area contributed by atoms with Gasteiger partial charge in [-0.15, -0.1) is 0 Å². The van der Waals surface area contributed by atoms with Crippen LogP contribution in [0, 0.1) is 0 Å². The number of nitrogens with zero attached hydrogens (tertiary/aromatic N) is 2. The monoisotopic (exact) mass is 362 g/mol. The zero-order valence-electron chi connectivity index (χ0n) is 11.7. The average molecular weight is 363 g/mol. The number of rotatable bonds is 3. The van der Waals surface area contributed by atoms with E-state index in [9.17, 15) is 13.2 Å². The van der Waals surface area contributed by atoms with Crippen molar-refractivity contribution < 1.29 is 13.2 Å². The molecule has 1 saturated carbocycles. The third-order valence-corrected chi connectivity index (χ3v) is 4.89. The Morgan fingerprint density at radius 3 is 2.29 bits per heavy atom. The van der Waals surface area contributed by atoms with E-state index in [0.29, 0.717) is 35.7 Å². The first-order valence-electron chi connectivity index (χ1n) is 7.24. The number of hydrogen-bond donors (Lipinski definition) is 0. The second kappa shape index (κ2) is 5.80. The van der Waals surface area contributed by atoms with Crippen molar-refractivity contribution in [1.82, 2.24) is 4.90 Å². The lowest BCUT2D eigenvalue weighted by Gasteiger charge is -2.37. The van der Waals surface area contributed by atoms with Crippen molar-refractivity contribution in [3.8, 4) is 0 Å². The standard InChI is InChI=1S/C15H18BrF3N2/c16-10-11-1-4-14(13(9-11)15(17,18)19)21-7-5-20(6-8-21)12-2-3-12/h1,4,9,12H,2-3,5-8,10H2. The highest BCUT2D eigenvalue weighted by Crippen LogP contribution is 2.38. The Labute approximate surface area is 131 Å². The fourth-order valence-corrected chi connectivity index (χ4v) is 3.29. The molecule has 2 aliphatic rings. The summed E-state index contributed by atoms with van der Waals surface area (Å²) in [4.78, 5) is 4.27. The third kappa shape index (κ3) is 3.37. The summed E-state index contributed by atoms with van der Waals surface area (Å²) in [6.45, 7) is 3.07. The van der Waals surface area contributed by atoms with Crippen LogP contribution in [0.25, 0.3) is 0 Å². The van der Waals surface area contributed by atoms with Crippen molar-refractivity contribution in [2.75, 3.05) is 31.1 Å². The number of halogens is 4. The Bertz CT molecular complexity index is 506. The molecule has 116 valence electrons. The number of anilines is 1. The van der Waals surface area contributed by atoms with Gasteiger partial charge in [-0.05, 0) is 30.5 Å². The normalized spacial score (nSPS) is 20.9. The highest BCUT2D eigenvalue weighted by Gasteiger charge is 2.37. The van der Waals surface area contributed by atoms with Gasteiger partial charge in [-0.25, -0.2) is 0 Å². The summed E-state index contributed by atoms with van der Waals surface area (Å²) in [7, 11) is 0. The Morgan fingerprint density at radius 1 is 1.10 bits per heavy atom. The van der Waals surface area contributed by atoms with Crippen molar-refractivity contribution in [3.63, 3.8) is 0 Å². The molecule has 0 bridgehead atoms. The van der Waals surface area contributed by atoms with Crippen LogP contribution >= 0.6 is 15.9 Å². The summed E-state index contributed by atoms with van der Waals surface area (Å²) < 4.78 is 39.8. The molecule has 21 heavy (non-hydrogen) atoms. The molecule has 1 heterocycles. The topological polar surface area (TPSA) is 6.48 Å². The minimum Gasteiger partial charge on any atom is -0.368 e. The second-order valence-corrected chi connectivity index (χ2v) is 6.30. The maximum Gasteiger partial charge on any atom is 0.418 e. The highest BCUT2D eigenvalue weighted by molar-refractivity contribution is 9.08. The summed E-state index contributed by atoms with van der Waals surface area (Å²) in [6.07, 6.45) is -1.82. The number of piperazine rings is 1. The Kier molecular flexibility index (Phi) is 4.19. The van der Waals surface area contributed by atoms with Gasteiger partial charge >= 0.3 is 6.18 Å². The molecule has 0 amide bonds. The molecule has 1 aromatic rings. The van der Waals surface area contributed by atoms with E-state index in [1.807, 2.05) is 4.90 Å². The zero-order valence-corrected chi connectivity index (χ0v) is 13.3. The van der Waals surface area contributed by atoms with Crippen molar-refractivity contribution in [2.45, 2.75) is 30.4 Å². The lowest BCUT2D eigenvalue weighted by molar-refractivity contribution is -0.137. The molecule has 0 aromatic heterocycles. The molecule has 3 rings (SSSR count). The lowest BCUT2D eigenvalue weighted by atomic mass is 10.1. The van der Waals surface area contributed by atoms with E-state index in [1.54, 1.807) is 12.1 Å². The van der Waals surface area contributed by atoms with E-state index in [-0.39, 0.29) is 0 Å². The molecular weight excluding hydrogens is 345 g/mol. The SMILES string of the molecule is FC(F)(F)c1cc(CBr)ccc1N1CCN(C2CC2)CC1. The summed E-state index contributed by atoms with van der Waals surface area (Å²) in [6, 6.07) is 5.33. The molecule has 1 saturated heterocycles. The van der Waals surface area contributed by atoms with Crippen LogP contribution in [-0.4, -0.2) is 37.1 Å². The lowest BCUT2D eigenvalue weighted by Crippen LogP contribution is -2.47. The maximum atomic E-state index is 13.3. The molecule has 0 atom stereocenters. The molecule has 1 aliphatic heterocycles. The van der Waals surface area contributed by atoms with Crippen molar-refractivity contribution in [3.05, 3.63) is 29.3 Å². The molecule has 0 spiro atoms. The van der Waals surface area contributed by atoms with E-state index < -0.39 is 11.7 Å². The largest absolute Gasteiger partial charge is 0.418 e. The fourth-order valence-electron chi connectivity index (χ4n) is 2.94. The number of hydrogen-bond acceptors (Lipinski definition) is 2. The van der Waals surface area contributed by atoms with Gasteiger partial charge in [0.15, 0.2) is 0 Å². The van der Waals surface area contributed by atoms with Crippen LogP contribution in [0.5, 0.6) is 0 Å². The van der Waals surface area contributed by atoms with E-state index >= 15 is 0 Å². The molecule has 2 nitrogen and oxygen atoms in total. The van der Waals surface area contributed by atoms with Crippen LogP contribution < -0.4 is 4.90 Å². The first-order valence-corrected chi connectivity index (χ1v) is 8.36. The molecule has 6 heteroatoms. The van der Waals surface area contributed by atoms with Crippen molar-refractivity contribution in [2.24, 2.45) is 0 Å². The van der Waals surface area contributed by atoms with Crippen LogP contribution in [0.4, 0.5) is 18.9 Å². The fraction of sp³-hybridized carbons (Fsp3) is 0.600. The first-order chi connectivity index (χ1) is 9.99. The molecule has 1 aromatic carbocycles. The maximum absolute atomic E-state index is 13.3. The molecule has 0 unspecified atom stereocenters. The zero-order chi connectivity index (χ0) is 15.0. The van der Waals surface area contributed by atoms with Crippen LogP contribution in [0.2, 0.25) is 0 Å². The summed E-state index contributed by atoms with van der Waals surface area (Å²) in [5.74, 6) is 0. The minimum absolute atomic E-state index is 0.322. The van der Waals surface area contributed by atoms with Crippen molar-refractivity contribution >= 4 is 21.6 Å². The van der Waals surface area contributed by atoms with Crippen LogP contribution in [0.1, 0.15) is 24.0 Å². The smallest absolute Gasteiger partial charge is 0.368 e. The predicted molar refractivity (Wildman–Crippen MR) is 80.9 cm³/mol. The number of alkyl halides is 4.